The number of nitrogens with zero attached hydrogens (tertiary/aromatic N) is 2. The Balaban J connectivity index is 1.54. The predicted octanol–water partition coefficient (Wildman–Crippen LogP) is 4.09. The molecule has 7 heteroatoms. The molecular weight excluding hydrogens is 389 g/mol. The smallest absolute Gasteiger partial charge is 0.248 e. The van der Waals surface area contributed by atoms with Crippen molar-refractivity contribution in [3.8, 4) is 11.3 Å². The number of carbonyl (C=O) groups excluding carboxylic acids is 1. The third-order valence-electron chi connectivity index (χ3n) is 5.03. The molecule has 1 fully saturated rings. The highest BCUT2D eigenvalue weighted by Gasteiger charge is 2.31. The fourth-order valence-electron chi connectivity index (χ4n) is 3.64. The number of piperidine rings is 1. The van der Waals surface area contributed by atoms with Gasteiger partial charge < -0.3 is 10.4 Å². The number of aliphatic hydroxyl groups excluding tert-OH is 1. The van der Waals surface area contributed by atoms with Crippen LogP contribution in [0.3, 0.4) is 0 Å². The van der Waals surface area contributed by atoms with Crippen molar-refractivity contribution in [3.63, 3.8) is 0 Å². The summed E-state index contributed by atoms with van der Waals surface area (Å²) in [7, 11) is 0. The summed E-state index contributed by atoms with van der Waals surface area (Å²) in [6.07, 6.45) is 1.18. The molecule has 1 saturated heterocycles. The number of thiazole rings is 1. The lowest BCUT2D eigenvalue weighted by Crippen LogP contribution is -2.44. The second-order valence-electron chi connectivity index (χ2n) is 7.14. The van der Waals surface area contributed by atoms with Gasteiger partial charge in [0.2, 0.25) is 5.91 Å². The van der Waals surface area contributed by atoms with Crippen LogP contribution in [0.5, 0.6) is 0 Å². The molecule has 2 N–H and O–H groups in total. The van der Waals surface area contributed by atoms with E-state index in [-0.39, 0.29) is 11.7 Å². The van der Waals surface area contributed by atoms with Crippen molar-refractivity contribution in [1.29, 1.82) is 0 Å². The van der Waals surface area contributed by atoms with Crippen LogP contribution < -0.4 is 5.32 Å². The van der Waals surface area contributed by atoms with Crippen LogP contribution in [0.1, 0.15) is 24.4 Å². The molecule has 0 aliphatic carbocycles. The lowest BCUT2D eigenvalue weighted by molar-refractivity contribution is -0.122. The van der Waals surface area contributed by atoms with Gasteiger partial charge in [-0.2, -0.15) is 0 Å². The van der Waals surface area contributed by atoms with Gasteiger partial charge in [0, 0.05) is 17.5 Å². The van der Waals surface area contributed by atoms with E-state index >= 15 is 0 Å². The molecule has 2 atom stereocenters. The molecule has 1 amide bonds. The average molecular weight is 412 g/mol. The minimum absolute atomic E-state index is 0.176. The van der Waals surface area contributed by atoms with E-state index in [0.717, 1.165) is 30.5 Å². The molecule has 0 spiro atoms. The molecule has 1 aliphatic rings. The molecule has 5 nitrogen and oxygen atoms in total. The molecular formula is C22H22FN3O2S. The van der Waals surface area contributed by atoms with Crippen LogP contribution in [-0.4, -0.2) is 40.1 Å². The van der Waals surface area contributed by atoms with Gasteiger partial charge >= 0.3 is 0 Å². The van der Waals surface area contributed by atoms with Gasteiger partial charge in [-0.25, -0.2) is 9.37 Å². The number of nitrogens with one attached hydrogen (secondary N) is 1. The normalized spacial score (nSPS) is 18.3. The van der Waals surface area contributed by atoms with Crippen LogP contribution in [0, 0.1) is 5.82 Å². The number of aromatic nitrogens is 1. The first-order chi connectivity index (χ1) is 14.1. The molecule has 1 aromatic heterocycles. The van der Waals surface area contributed by atoms with Crippen molar-refractivity contribution < 1.29 is 14.3 Å². The van der Waals surface area contributed by atoms with Gasteiger partial charge in [0.15, 0.2) is 5.13 Å². The van der Waals surface area contributed by atoms with Crippen molar-refractivity contribution in [1.82, 2.24) is 9.88 Å². The SMILES string of the molecule is O=C(Nc1nc(-c2ccc(F)cc2)cs1)[C@H](c1ccccc1)N1CCC[C@@H](O)C1. The maximum Gasteiger partial charge on any atom is 0.248 e. The van der Waals surface area contributed by atoms with Gasteiger partial charge in [-0.3, -0.25) is 9.69 Å². The lowest BCUT2D eigenvalue weighted by atomic mass is 10.00. The van der Waals surface area contributed by atoms with Crippen LogP contribution >= 0.6 is 11.3 Å². The fourth-order valence-corrected chi connectivity index (χ4v) is 4.36. The van der Waals surface area contributed by atoms with Crippen molar-refractivity contribution in [2.24, 2.45) is 0 Å². The number of aliphatic hydroxyl groups is 1. The number of hydrogen-bond acceptors (Lipinski definition) is 5. The number of β-amino-alcohol motifs (C(OH)–C–C–N with tert-alkyl or cyclic N) is 1. The number of carbonyl (C=O) groups is 1. The summed E-state index contributed by atoms with van der Waals surface area (Å²) < 4.78 is 13.1. The molecule has 2 heterocycles. The Morgan fingerprint density at radius 3 is 2.69 bits per heavy atom. The number of hydrogen-bond donors (Lipinski definition) is 2. The molecule has 150 valence electrons. The highest BCUT2D eigenvalue weighted by molar-refractivity contribution is 7.14. The summed E-state index contributed by atoms with van der Waals surface area (Å²) in [6, 6.07) is 15.2. The largest absolute Gasteiger partial charge is 0.392 e. The molecule has 0 radical (unpaired) electrons. The van der Waals surface area contributed by atoms with E-state index in [1.807, 2.05) is 40.6 Å². The molecule has 0 unspecified atom stereocenters. The number of benzene rings is 2. The zero-order valence-electron chi connectivity index (χ0n) is 15.8. The summed E-state index contributed by atoms with van der Waals surface area (Å²) >= 11 is 1.33. The minimum atomic E-state index is -0.496. The maximum atomic E-state index is 13.2. The molecule has 0 bridgehead atoms. The second kappa shape index (κ2) is 8.82. The van der Waals surface area contributed by atoms with Gasteiger partial charge in [0.05, 0.1) is 11.8 Å². The number of amides is 1. The summed E-state index contributed by atoms with van der Waals surface area (Å²) in [5, 5.41) is 15.3. The zero-order valence-corrected chi connectivity index (χ0v) is 16.6. The van der Waals surface area contributed by atoms with E-state index in [1.54, 1.807) is 12.1 Å². The lowest BCUT2D eigenvalue weighted by Gasteiger charge is -2.35. The van der Waals surface area contributed by atoms with Gasteiger partial charge in [-0.05, 0) is 49.2 Å². The standard InChI is InChI=1S/C22H22FN3O2S/c23-17-10-8-15(9-11-17)19-14-29-22(24-19)25-21(28)20(16-5-2-1-3-6-16)26-12-4-7-18(27)13-26/h1-3,5-6,8-11,14,18,20,27H,4,7,12-13H2,(H,24,25,28)/t18-,20+/m1/s1. The number of likely N-dealkylation sites (tertiary alicyclic amines) is 1. The van der Waals surface area contributed by atoms with E-state index in [9.17, 15) is 14.3 Å². The highest BCUT2D eigenvalue weighted by Crippen LogP contribution is 2.29. The van der Waals surface area contributed by atoms with E-state index in [1.165, 1.54) is 23.5 Å². The number of halogens is 1. The number of rotatable bonds is 5. The van der Waals surface area contributed by atoms with Crippen LogP contribution in [0.2, 0.25) is 0 Å². The molecule has 2 aromatic carbocycles. The van der Waals surface area contributed by atoms with Crippen LogP contribution in [0.15, 0.2) is 60.0 Å². The highest BCUT2D eigenvalue weighted by atomic mass is 32.1. The molecule has 29 heavy (non-hydrogen) atoms. The first-order valence-electron chi connectivity index (χ1n) is 9.59. The third kappa shape index (κ3) is 4.70. The minimum Gasteiger partial charge on any atom is -0.392 e. The Kier molecular flexibility index (Phi) is 5.99. The summed E-state index contributed by atoms with van der Waals surface area (Å²) in [4.78, 5) is 19.7. The Hall–Kier alpha value is -2.61. The quantitative estimate of drug-likeness (QED) is 0.664. The Labute approximate surface area is 172 Å². The molecule has 4 rings (SSSR count). The van der Waals surface area contributed by atoms with Crippen molar-refractivity contribution >= 4 is 22.4 Å². The zero-order chi connectivity index (χ0) is 20.2. The first kappa shape index (κ1) is 19.7. The second-order valence-corrected chi connectivity index (χ2v) is 8.00. The van der Waals surface area contributed by atoms with Gasteiger partial charge in [-0.1, -0.05) is 30.3 Å². The van der Waals surface area contributed by atoms with Crippen molar-refractivity contribution in [2.75, 3.05) is 18.4 Å². The summed E-state index contributed by atoms with van der Waals surface area (Å²) in [5.74, 6) is -0.475. The number of anilines is 1. The first-order valence-corrected chi connectivity index (χ1v) is 10.5. The van der Waals surface area contributed by atoms with Crippen molar-refractivity contribution in [3.05, 3.63) is 71.4 Å². The van der Waals surface area contributed by atoms with E-state index in [4.69, 9.17) is 0 Å². The van der Waals surface area contributed by atoms with Gasteiger partial charge in [0.25, 0.3) is 0 Å². The van der Waals surface area contributed by atoms with Crippen LogP contribution in [0.25, 0.3) is 11.3 Å². The van der Waals surface area contributed by atoms with Crippen LogP contribution in [0.4, 0.5) is 9.52 Å². The molecule has 0 saturated carbocycles. The fraction of sp³-hybridized carbons (Fsp3) is 0.273. The van der Waals surface area contributed by atoms with Gasteiger partial charge in [0.1, 0.15) is 11.9 Å². The average Bonchev–Trinajstić information content (AvgIpc) is 3.18. The summed E-state index contributed by atoms with van der Waals surface area (Å²) in [5.41, 5.74) is 2.37. The summed E-state index contributed by atoms with van der Waals surface area (Å²) in [6.45, 7) is 1.22. The third-order valence-corrected chi connectivity index (χ3v) is 5.79. The van der Waals surface area contributed by atoms with Gasteiger partial charge in [-0.15, -0.1) is 11.3 Å². The Morgan fingerprint density at radius 1 is 1.21 bits per heavy atom. The Bertz CT molecular complexity index is 962. The van der Waals surface area contributed by atoms with E-state index in [2.05, 4.69) is 10.3 Å². The van der Waals surface area contributed by atoms with E-state index in [0.29, 0.717) is 17.4 Å². The van der Waals surface area contributed by atoms with Crippen molar-refractivity contribution in [2.45, 2.75) is 25.0 Å². The monoisotopic (exact) mass is 411 g/mol. The topological polar surface area (TPSA) is 65.5 Å². The van der Waals surface area contributed by atoms with E-state index < -0.39 is 12.1 Å². The maximum absolute atomic E-state index is 13.2. The van der Waals surface area contributed by atoms with Crippen LogP contribution in [-0.2, 0) is 4.79 Å². The predicted molar refractivity (Wildman–Crippen MR) is 112 cm³/mol. The molecule has 3 aromatic rings. The Morgan fingerprint density at radius 2 is 1.97 bits per heavy atom. The molecule has 1 aliphatic heterocycles.